The van der Waals surface area contributed by atoms with Gasteiger partial charge in [0.15, 0.2) is 5.82 Å². The fourth-order valence-electron chi connectivity index (χ4n) is 4.27. The molecule has 0 amide bonds. The van der Waals surface area contributed by atoms with Gasteiger partial charge in [0.05, 0.1) is 23.8 Å². The molecule has 0 fully saturated rings. The van der Waals surface area contributed by atoms with Gasteiger partial charge in [0, 0.05) is 16.3 Å². The van der Waals surface area contributed by atoms with E-state index in [1.807, 2.05) is 13.0 Å². The topological polar surface area (TPSA) is 52.8 Å². The van der Waals surface area contributed by atoms with E-state index < -0.39 is 0 Å². The molecule has 0 aliphatic heterocycles. The van der Waals surface area contributed by atoms with Gasteiger partial charge in [0.25, 0.3) is 0 Å². The van der Waals surface area contributed by atoms with E-state index in [4.69, 9.17) is 4.74 Å². The van der Waals surface area contributed by atoms with Gasteiger partial charge in [-0.2, -0.15) is 0 Å². The summed E-state index contributed by atoms with van der Waals surface area (Å²) in [5.41, 5.74) is 6.85. The molecule has 0 N–H and O–H groups in total. The summed E-state index contributed by atoms with van der Waals surface area (Å²) in [6.07, 6.45) is 1.57. The number of aryl methyl sites for hydroxylation is 3. The minimum atomic E-state index is 0.701. The second-order valence-electron chi connectivity index (χ2n) is 7.55. The summed E-state index contributed by atoms with van der Waals surface area (Å²) in [6.45, 7) is 6.17. The normalized spacial score (nSPS) is 11.3. The Bertz CT molecular complexity index is 1390. The molecule has 5 nitrogen and oxygen atoms in total. The number of benzene rings is 3. The van der Waals surface area contributed by atoms with Gasteiger partial charge in [-0.25, -0.2) is 15.0 Å². The third-order valence-electron chi connectivity index (χ3n) is 5.54. The number of rotatable bonds is 3. The summed E-state index contributed by atoms with van der Waals surface area (Å²) < 4.78 is 7.82. The van der Waals surface area contributed by atoms with Crippen LogP contribution in [0.4, 0.5) is 0 Å². The molecule has 30 heavy (non-hydrogen) atoms. The van der Waals surface area contributed by atoms with E-state index in [1.165, 1.54) is 33.1 Å². The Labute approximate surface area is 175 Å². The van der Waals surface area contributed by atoms with Gasteiger partial charge in [-0.3, -0.25) is 0 Å². The van der Waals surface area contributed by atoms with Gasteiger partial charge in [0.2, 0.25) is 0 Å². The van der Waals surface area contributed by atoms with Crippen molar-refractivity contribution in [3.05, 3.63) is 77.9 Å². The highest BCUT2D eigenvalue weighted by Crippen LogP contribution is 2.37. The SMILES string of the molecule is COc1ccc2c(c1)c1ccccc1n2-c1c(C)cc(-c2ncnc(C)n2)cc1C. The molecular formula is C25H22N4O. The zero-order valence-corrected chi connectivity index (χ0v) is 17.5. The van der Waals surface area contributed by atoms with E-state index in [0.717, 1.165) is 22.7 Å². The molecule has 5 rings (SSSR count). The van der Waals surface area contributed by atoms with Crippen molar-refractivity contribution in [1.82, 2.24) is 19.5 Å². The summed E-state index contributed by atoms with van der Waals surface area (Å²) in [6, 6.07) is 19.1. The van der Waals surface area contributed by atoms with Crippen LogP contribution in [-0.2, 0) is 0 Å². The maximum atomic E-state index is 5.48. The Morgan fingerprint density at radius 2 is 1.53 bits per heavy atom. The first-order chi connectivity index (χ1) is 14.6. The number of methoxy groups -OCH3 is 1. The summed E-state index contributed by atoms with van der Waals surface area (Å²) in [5.74, 6) is 2.28. The van der Waals surface area contributed by atoms with Crippen LogP contribution in [0.1, 0.15) is 17.0 Å². The molecule has 0 bridgehead atoms. The Kier molecular flexibility index (Phi) is 4.24. The minimum Gasteiger partial charge on any atom is -0.497 e. The average Bonchev–Trinajstić information content (AvgIpc) is 3.07. The van der Waals surface area contributed by atoms with E-state index >= 15 is 0 Å². The highest BCUT2D eigenvalue weighted by molar-refractivity contribution is 6.10. The molecule has 2 aromatic heterocycles. The van der Waals surface area contributed by atoms with E-state index in [9.17, 15) is 0 Å². The zero-order chi connectivity index (χ0) is 20.8. The number of hydrogen-bond donors (Lipinski definition) is 0. The largest absolute Gasteiger partial charge is 0.497 e. The lowest BCUT2D eigenvalue weighted by Gasteiger charge is -2.16. The van der Waals surface area contributed by atoms with Gasteiger partial charge >= 0.3 is 0 Å². The van der Waals surface area contributed by atoms with Gasteiger partial charge in [-0.1, -0.05) is 18.2 Å². The third kappa shape index (κ3) is 2.82. The molecule has 2 heterocycles. The lowest BCUT2D eigenvalue weighted by Crippen LogP contribution is -2.02. The maximum absolute atomic E-state index is 5.48. The molecule has 0 saturated heterocycles. The van der Waals surface area contributed by atoms with Crippen LogP contribution < -0.4 is 4.74 Å². The number of nitrogens with zero attached hydrogens (tertiary/aromatic N) is 4. The Hall–Kier alpha value is -3.73. The van der Waals surface area contributed by atoms with Crippen LogP contribution in [0.5, 0.6) is 5.75 Å². The molecule has 0 saturated carbocycles. The minimum absolute atomic E-state index is 0.701. The van der Waals surface area contributed by atoms with Crippen LogP contribution in [0.2, 0.25) is 0 Å². The zero-order valence-electron chi connectivity index (χ0n) is 17.5. The van der Waals surface area contributed by atoms with Crippen molar-refractivity contribution < 1.29 is 4.74 Å². The van der Waals surface area contributed by atoms with Gasteiger partial charge < -0.3 is 9.30 Å². The van der Waals surface area contributed by atoms with E-state index in [0.29, 0.717) is 5.82 Å². The number of para-hydroxylation sites is 1. The fourth-order valence-corrected chi connectivity index (χ4v) is 4.27. The molecule has 0 aliphatic carbocycles. The van der Waals surface area contributed by atoms with Gasteiger partial charge in [-0.05, 0) is 68.3 Å². The number of hydrogen-bond acceptors (Lipinski definition) is 4. The van der Waals surface area contributed by atoms with Crippen LogP contribution in [-0.4, -0.2) is 26.6 Å². The molecule has 148 valence electrons. The van der Waals surface area contributed by atoms with Crippen molar-refractivity contribution in [1.29, 1.82) is 0 Å². The van der Waals surface area contributed by atoms with Crippen molar-refractivity contribution >= 4 is 21.8 Å². The van der Waals surface area contributed by atoms with Crippen LogP contribution in [0.25, 0.3) is 38.9 Å². The molecule has 0 radical (unpaired) electrons. The summed E-state index contributed by atoms with van der Waals surface area (Å²) in [4.78, 5) is 13.0. The quantitative estimate of drug-likeness (QED) is 0.401. The van der Waals surface area contributed by atoms with Crippen molar-refractivity contribution in [2.24, 2.45) is 0 Å². The first-order valence-corrected chi connectivity index (χ1v) is 9.91. The standard InChI is InChI=1S/C25H22N4O/c1-15-11-18(25-27-14-26-17(3)28-25)12-16(2)24(15)29-22-8-6-5-7-20(22)21-13-19(30-4)9-10-23(21)29/h5-14H,1-4H3. The van der Waals surface area contributed by atoms with Crippen molar-refractivity contribution in [2.75, 3.05) is 7.11 Å². The summed E-state index contributed by atoms with van der Waals surface area (Å²) >= 11 is 0. The van der Waals surface area contributed by atoms with Crippen molar-refractivity contribution in [3.63, 3.8) is 0 Å². The van der Waals surface area contributed by atoms with Crippen molar-refractivity contribution in [3.8, 4) is 22.8 Å². The number of fused-ring (bicyclic) bond motifs is 3. The van der Waals surface area contributed by atoms with Crippen LogP contribution >= 0.6 is 0 Å². The average molecular weight is 394 g/mol. The molecule has 3 aromatic carbocycles. The highest BCUT2D eigenvalue weighted by atomic mass is 16.5. The first kappa shape index (κ1) is 18.3. The number of aromatic nitrogens is 4. The first-order valence-electron chi connectivity index (χ1n) is 9.91. The van der Waals surface area contributed by atoms with Crippen molar-refractivity contribution in [2.45, 2.75) is 20.8 Å². The van der Waals surface area contributed by atoms with Crippen LogP contribution in [0.3, 0.4) is 0 Å². The third-order valence-corrected chi connectivity index (χ3v) is 5.54. The lowest BCUT2D eigenvalue weighted by atomic mass is 10.0. The second-order valence-corrected chi connectivity index (χ2v) is 7.55. The smallest absolute Gasteiger partial charge is 0.162 e. The molecule has 5 heteroatoms. The van der Waals surface area contributed by atoms with Crippen LogP contribution in [0.15, 0.2) is 60.9 Å². The van der Waals surface area contributed by atoms with E-state index in [1.54, 1.807) is 13.4 Å². The Balaban J connectivity index is 1.80. The Morgan fingerprint density at radius 3 is 2.27 bits per heavy atom. The van der Waals surface area contributed by atoms with Crippen LogP contribution in [0, 0.1) is 20.8 Å². The lowest BCUT2D eigenvalue weighted by molar-refractivity contribution is 0.415. The number of ether oxygens (including phenoxy) is 1. The molecule has 0 aliphatic rings. The summed E-state index contributed by atoms with van der Waals surface area (Å²) in [5, 5.41) is 2.39. The summed E-state index contributed by atoms with van der Waals surface area (Å²) in [7, 11) is 1.70. The predicted octanol–water partition coefficient (Wildman–Crippen LogP) is 5.57. The molecular weight excluding hydrogens is 372 g/mol. The molecule has 5 aromatic rings. The predicted molar refractivity (Wildman–Crippen MR) is 120 cm³/mol. The van der Waals surface area contributed by atoms with E-state index in [2.05, 4.69) is 81.9 Å². The second kappa shape index (κ2) is 6.95. The molecule has 0 unspecified atom stereocenters. The monoisotopic (exact) mass is 394 g/mol. The molecule has 0 atom stereocenters. The van der Waals surface area contributed by atoms with Gasteiger partial charge in [-0.15, -0.1) is 0 Å². The van der Waals surface area contributed by atoms with E-state index in [-0.39, 0.29) is 0 Å². The maximum Gasteiger partial charge on any atom is 0.162 e. The fraction of sp³-hybridized carbons (Fsp3) is 0.160. The Morgan fingerprint density at radius 1 is 0.800 bits per heavy atom. The van der Waals surface area contributed by atoms with Gasteiger partial charge in [0.1, 0.15) is 17.9 Å². The highest BCUT2D eigenvalue weighted by Gasteiger charge is 2.17. The molecule has 0 spiro atoms.